The molecule has 0 fully saturated rings. The molecule has 2 rings (SSSR count). The predicted molar refractivity (Wildman–Crippen MR) is 56.1 cm³/mol. The molecule has 0 spiro atoms. The van der Waals surface area contributed by atoms with E-state index >= 15 is 0 Å². The van der Waals surface area contributed by atoms with E-state index in [-0.39, 0.29) is 17.0 Å². The predicted octanol–water partition coefficient (Wildman–Crippen LogP) is 3.06. The average Bonchev–Trinajstić information content (AvgIpc) is 2.32. The van der Waals surface area contributed by atoms with Gasteiger partial charge in [-0.25, -0.2) is 13.8 Å². The molecule has 0 aliphatic rings. The lowest BCUT2D eigenvalue weighted by molar-refractivity contribution is 0.472. The maximum Gasteiger partial charge on any atom is 0.131 e. The number of benzene rings is 1. The Morgan fingerprint density at radius 3 is 2.75 bits per heavy atom. The van der Waals surface area contributed by atoms with Crippen LogP contribution in [-0.4, -0.2) is 10.1 Å². The van der Waals surface area contributed by atoms with Crippen molar-refractivity contribution in [3.05, 3.63) is 47.9 Å². The van der Waals surface area contributed by atoms with Gasteiger partial charge in [-0.1, -0.05) is 6.07 Å². The van der Waals surface area contributed by atoms with Crippen LogP contribution in [0.3, 0.4) is 0 Å². The van der Waals surface area contributed by atoms with Crippen LogP contribution in [0.4, 0.5) is 8.78 Å². The van der Waals surface area contributed by atoms with Gasteiger partial charge in [0.25, 0.3) is 0 Å². The molecule has 0 bridgehead atoms. The second kappa shape index (κ2) is 4.26. The smallest absolute Gasteiger partial charge is 0.131 e. The summed E-state index contributed by atoms with van der Waals surface area (Å²) >= 11 is 0. The lowest BCUT2D eigenvalue weighted by Gasteiger charge is -2.05. The molecule has 82 valence electrons. The van der Waals surface area contributed by atoms with Crippen molar-refractivity contribution in [2.45, 2.75) is 6.67 Å². The van der Waals surface area contributed by atoms with Crippen LogP contribution in [0.25, 0.3) is 11.3 Å². The zero-order chi connectivity index (χ0) is 11.5. The molecule has 0 saturated carbocycles. The number of rotatable bonds is 2. The molecule has 0 aliphatic carbocycles. The van der Waals surface area contributed by atoms with Gasteiger partial charge in [-0.2, -0.15) is 0 Å². The highest BCUT2D eigenvalue weighted by atomic mass is 19.1. The summed E-state index contributed by atoms with van der Waals surface area (Å²) in [5, 5.41) is 9.55. The molecule has 0 radical (unpaired) electrons. The Kier molecular flexibility index (Phi) is 2.81. The number of hydrogen-bond acceptors (Lipinski definition) is 2. The molecule has 1 aromatic heterocycles. The molecule has 0 atom stereocenters. The first-order valence-corrected chi connectivity index (χ1v) is 4.71. The first-order valence-electron chi connectivity index (χ1n) is 4.71. The number of aromatic hydroxyl groups is 1. The second-order valence-electron chi connectivity index (χ2n) is 3.31. The summed E-state index contributed by atoms with van der Waals surface area (Å²) in [5.74, 6) is -0.551. The quantitative estimate of drug-likeness (QED) is 0.845. The summed E-state index contributed by atoms with van der Waals surface area (Å²) in [4.78, 5) is 3.96. The molecular formula is C12H9F2NO. The molecule has 2 nitrogen and oxygen atoms in total. The van der Waals surface area contributed by atoms with Crippen LogP contribution in [0.15, 0.2) is 36.4 Å². The Bertz CT molecular complexity index is 514. The number of nitrogens with zero attached hydrogens (tertiary/aromatic N) is 1. The van der Waals surface area contributed by atoms with Crippen LogP contribution < -0.4 is 0 Å². The maximum absolute atomic E-state index is 13.0. The summed E-state index contributed by atoms with van der Waals surface area (Å²) in [5.41, 5.74) is 0.864. The highest BCUT2D eigenvalue weighted by Crippen LogP contribution is 2.28. The standard InChI is InChI=1S/C12H9F2NO/c13-7-9-2-1-3-11(15-9)10-6-8(14)4-5-12(10)16/h1-6,16H,7H2. The van der Waals surface area contributed by atoms with Crippen molar-refractivity contribution in [3.63, 3.8) is 0 Å². The van der Waals surface area contributed by atoms with Crippen molar-refractivity contribution in [2.75, 3.05) is 0 Å². The van der Waals surface area contributed by atoms with Crippen LogP contribution in [-0.2, 0) is 6.67 Å². The van der Waals surface area contributed by atoms with E-state index in [1.165, 1.54) is 18.2 Å². The van der Waals surface area contributed by atoms with Crippen molar-refractivity contribution < 1.29 is 13.9 Å². The third-order valence-corrected chi connectivity index (χ3v) is 2.18. The van der Waals surface area contributed by atoms with Crippen molar-refractivity contribution in [3.8, 4) is 17.0 Å². The molecule has 2 aromatic rings. The van der Waals surface area contributed by atoms with E-state index in [4.69, 9.17) is 0 Å². The van der Waals surface area contributed by atoms with Gasteiger partial charge in [0, 0.05) is 5.56 Å². The van der Waals surface area contributed by atoms with E-state index < -0.39 is 12.5 Å². The van der Waals surface area contributed by atoms with Crippen molar-refractivity contribution >= 4 is 0 Å². The van der Waals surface area contributed by atoms with Crippen molar-refractivity contribution in [2.24, 2.45) is 0 Å². The topological polar surface area (TPSA) is 33.1 Å². The molecule has 0 aliphatic heterocycles. The fraction of sp³-hybridized carbons (Fsp3) is 0.0833. The summed E-state index contributed by atoms with van der Waals surface area (Å²) in [7, 11) is 0. The van der Waals surface area contributed by atoms with E-state index in [2.05, 4.69) is 4.98 Å². The van der Waals surface area contributed by atoms with Gasteiger partial charge in [0.2, 0.25) is 0 Å². The maximum atomic E-state index is 13.0. The third-order valence-electron chi connectivity index (χ3n) is 2.18. The minimum atomic E-state index is -0.691. The Morgan fingerprint density at radius 1 is 1.19 bits per heavy atom. The highest BCUT2D eigenvalue weighted by molar-refractivity contribution is 5.66. The van der Waals surface area contributed by atoms with Gasteiger partial charge in [-0.05, 0) is 30.3 Å². The molecule has 1 N–H and O–H groups in total. The molecular weight excluding hydrogens is 212 g/mol. The minimum Gasteiger partial charge on any atom is -0.507 e. The second-order valence-corrected chi connectivity index (χ2v) is 3.31. The minimum absolute atomic E-state index is 0.0788. The van der Waals surface area contributed by atoms with Gasteiger partial charge < -0.3 is 5.11 Å². The van der Waals surface area contributed by atoms with Crippen LogP contribution in [0.5, 0.6) is 5.75 Å². The van der Waals surface area contributed by atoms with E-state index in [1.807, 2.05) is 0 Å². The number of aromatic nitrogens is 1. The van der Waals surface area contributed by atoms with E-state index in [0.29, 0.717) is 5.69 Å². The molecule has 1 aromatic carbocycles. The van der Waals surface area contributed by atoms with E-state index in [0.717, 1.165) is 6.07 Å². The first-order chi connectivity index (χ1) is 7.70. The molecule has 4 heteroatoms. The zero-order valence-corrected chi connectivity index (χ0v) is 8.32. The number of pyridine rings is 1. The summed E-state index contributed by atoms with van der Waals surface area (Å²) in [6, 6.07) is 8.29. The molecule has 16 heavy (non-hydrogen) atoms. The number of hydrogen-bond donors (Lipinski definition) is 1. The summed E-state index contributed by atoms with van der Waals surface area (Å²) in [6.45, 7) is -0.691. The van der Waals surface area contributed by atoms with E-state index in [1.54, 1.807) is 12.1 Å². The van der Waals surface area contributed by atoms with Crippen LogP contribution in [0.2, 0.25) is 0 Å². The molecule has 0 unspecified atom stereocenters. The Hall–Kier alpha value is -1.97. The van der Waals surface area contributed by atoms with Crippen LogP contribution >= 0.6 is 0 Å². The van der Waals surface area contributed by atoms with Gasteiger partial charge in [-0.3, -0.25) is 0 Å². The van der Waals surface area contributed by atoms with Crippen molar-refractivity contribution in [1.29, 1.82) is 0 Å². The Labute approximate surface area is 91.2 Å². The number of phenols is 1. The fourth-order valence-corrected chi connectivity index (χ4v) is 1.42. The van der Waals surface area contributed by atoms with Gasteiger partial charge >= 0.3 is 0 Å². The fourth-order valence-electron chi connectivity index (χ4n) is 1.42. The molecule has 1 heterocycles. The normalized spacial score (nSPS) is 10.4. The van der Waals surface area contributed by atoms with Gasteiger partial charge in [0.05, 0.1) is 11.4 Å². The number of alkyl halides is 1. The number of phenolic OH excluding ortho intramolecular Hbond substituents is 1. The summed E-state index contributed by atoms with van der Waals surface area (Å²) in [6.07, 6.45) is 0. The SMILES string of the molecule is Oc1ccc(F)cc1-c1cccc(CF)n1. The third kappa shape index (κ3) is 2.00. The Morgan fingerprint density at radius 2 is 2.00 bits per heavy atom. The lowest BCUT2D eigenvalue weighted by atomic mass is 10.1. The lowest BCUT2D eigenvalue weighted by Crippen LogP contribution is -1.90. The Balaban J connectivity index is 2.53. The molecule has 0 amide bonds. The van der Waals surface area contributed by atoms with Gasteiger partial charge in [-0.15, -0.1) is 0 Å². The monoisotopic (exact) mass is 221 g/mol. The highest BCUT2D eigenvalue weighted by Gasteiger charge is 2.07. The average molecular weight is 221 g/mol. The first kappa shape index (κ1) is 10.5. The number of halogens is 2. The summed E-state index contributed by atoms with van der Waals surface area (Å²) < 4.78 is 25.4. The zero-order valence-electron chi connectivity index (χ0n) is 8.32. The van der Waals surface area contributed by atoms with E-state index in [9.17, 15) is 13.9 Å². The largest absolute Gasteiger partial charge is 0.507 e. The van der Waals surface area contributed by atoms with Gasteiger partial charge in [0.15, 0.2) is 0 Å². The van der Waals surface area contributed by atoms with Crippen LogP contribution in [0.1, 0.15) is 5.69 Å². The van der Waals surface area contributed by atoms with Gasteiger partial charge in [0.1, 0.15) is 18.2 Å². The van der Waals surface area contributed by atoms with Crippen LogP contribution in [0, 0.1) is 5.82 Å². The van der Waals surface area contributed by atoms with Crippen molar-refractivity contribution in [1.82, 2.24) is 4.98 Å². The molecule has 0 saturated heterocycles.